The molecule has 1 amide bonds. The molecule has 0 radical (unpaired) electrons. The molecular formula is C26H22N4O3. The van der Waals surface area contributed by atoms with Crippen LogP contribution in [0.4, 0.5) is 0 Å². The van der Waals surface area contributed by atoms with E-state index in [0.717, 1.165) is 27.6 Å². The molecule has 0 unspecified atom stereocenters. The van der Waals surface area contributed by atoms with Crippen molar-refractivity contribution in [2.75, 3.05) is 20.3 Å². The van der Waals surface area contributed by atoms with Crippen LogP contribution in [0, 0.1) is 11.3 Å². The number of carbonyl (C=O) groups excluding carboxylic acids is 1. The van der Waals surface area contributed by atoms with Crippen molar-refractivity contribution in [3.63, 3.8) is 0 Å². The highest BCUT2D eigenvalue weighted by molar-refractivity contribution is 5.96. The summed E-state index contributed by atoms with van der Waals surface area (Å²) < 4.78 is 11.4. The van der Waals surface area contributed by atoms with Crippen LogP contribution >= 0.6 is 0 Å². The molecule has 0 bridgehead atoms. The van der Waals surface area contributed by atoms with Gasteiger partial charge in [-0.25, -0.2) is 0 Å². The summed E-state index contributed by atoms with van der Waals surface area (Å²) in [4.78, 5) is 14.9. The van der Waals surface area contributed by atoms with Gasteiger partial charge in [0.25, 0.3) is 5.91 Å². The Morgan fingerprint density at radius 1 is 1.21 bits per heavy atom. The van der Waals surface area contributed by atoms with Gasteiger partial charge in [0.1, 0.15) is 11.9 Å². The van der Waals surface area contributed by atoms with E-state index in [1.807, 2.05) is 42.5 Å². The minimum atomic E-state index is -0.112. The second-order valence-corrected chi connectivity index (χ2v) is 8.09. The Hall–Kier alpha value is -4.15. The second-order valence-electron chi connectivity index (χ2n) is 8.09. The lowest BCUT2D eigenvalue weighted by Crippen LogP contribution is -2.38. The lowest BCUT2D eigenvalue weighted by atomic mass is 10.00. The van der Waals surface area contributed by atoms with E-state index >= 15 is 0 Å². The summed E-state index contributed by atoms with van der Waals surface area (Å²) in [5.74, 6) is 0.492. The Bertz CT molecular complexity index is 1370. The fourth-order valence-electron chi connectivity index (χ4n) is 3.92. The number of rotatable bonds is 6. The average molecular weight is 438 g/mol. The number of aromatic nitrogens is 2. The van der Waals surface area contributed by atoms with Crippen molar-refractivity contribution in [2.24, 2.45) is 0 Å². The van der Waals surface area contributed by atoms with Crippen LogP contribution in [0.15, 0.2) is 66.9 Å². The molecule has 1 aromatic heterocycles. The van der Waals surface area contributed by atoms with E-state index in [-0.39, 0.29) is 12.0 Å². The first kappa shape index (κ1) is 20.7. The number of para-hydroxylation sites is 1. The molecule has 7 nitrogen and oxygen atoms in total. The van der Waals surface area contributed by atoms with Crippen LogP contribution in [0.1, 0.15) is 21.5 Å². The molecule has 1 aliphatic rings. The predicted molar refractivity (Wildman–Crippen MR) is 124 cm³/mol. The highest BCUT2D eigenvalue weighted by atomic mass is 16.6. The Kier molecular flexibility index (Phi) is 5.51. The van der Waals surface area contributed by atoms with Crippen molar-refractivity contribution in [2.45, 2.75) is 12.6 Å². The SMILES string of the molecule is CN(Cc1cccc2cn[nH]c12)C(=O)c1ccc(-c2cccc(C#N)c2)c(OC2COC2)c1. The number of carbonyl (C=O) groups is 1. The number of nitrogens with one attached hydrogen (secondary N) is 1. The van der Waals surface area contributed by atoms with Crippen molar-refractivity contribution >= 4 is 16.8 Å². The first-order chi connectivity index (χ1) is 16.1. The molecular weight excluding hydrogens is 416 g/mol. The summed E-state index contributed by atoms with van der Waals surface area (Å²) in [5, 5.41) is 17.4. The molecule has 1 N–H and O–H groups in total. The summed E-state index contributed by atoms with van der Waals surface area (Å²) in [6.07, 6.45) is 1.72. The molecule has 0 atom stereocenters. The minimum Gasteiger partial charge on any atom is -0.485 e. The first-order valence-electron chi connectivity index (χ1n) is 10.7. The predicted octanol–water partition coefficient (Wildman–Crippen LogP) is 4.15. The monoisotopic (exact) mass is 438 g/mol. The third-order valence-electron chi connectivity index (χ3n) is 5.75. The van der Waals surface area contributed by atoms with E-state index in [9.17, 15) is 10.1 Å². The average Bonchev–Trinajstić information content (AvgIpc) is 3.31. The summed E-state index contributed by atoms with van der Waals surface area (Å²) in [6, 6.07) is 20.9. The largest absolute Gasteiger partial charge is 0.485 e. The highest BCUT2D eigenvalue weighted by Crippen LogP contribution is 2.33. The molecule has 3 aromatic carbocycles. The van der Waals surface area contributed by atoms with Gasteiger partial charge in [-0.15, -0.1) is 0 Å². The fraction of sp³-hybridized carbons (Fsp3) is 0.192. The molecule has 4 aromatic rings. The second kappa shape index (κ2) is 8.77. The van der Waals surface area contributed by atoms with Crippen molar-refractivity contribution in [1.82, 2.24) is 15.1 Å². The van der Waals surface area contributed by atoms with Crippen LogP contribution in [0.2, 0.25) is 0 Å². The van der Waals surface area contributed by atoms with Crippen LogP contribution in [0.5, 0.6) is 5.75 Å². The quantitative estimate of drug-likeness (QED) is 0.488. The Balaban J connectivity index is 1.44. The van der Waals surface area contributed by atoms with Crippen molar-refractivity contribution in [1.29, 1.82) is 5.26 Å². The standard InChI is InChI=1S/C26H22N4O3/c1-30(14-21-7-3-6-20-13-28-29-25(20)21)26(31)19-8-9-23(18-5-2-4-17(10-18)12-27)24(11-19)33-22-15-32-16-22/h2-11,13,22H,14-16H2,1H3,(H,28,29). The third kappa shape index (κ3) is 4.16. The fourth-order valence-corrected chi connectivity index (χ4v) is 3.92. The van der Waals surface area contributed by atoms with Crippen molar-refractivity contribution in [3.05, 3.63) is 83.6 Å². The van der Waals surface area contributed by atoms with Gasteiger partial charge in [-0.05, 0) is 41.5 Å². The van der Waals surface area contributed by atoms with Gasteiger partial charge in [0.2, 0.25) is 0 Å². The van der Waals surface area contributed by atoms with Gasteiger partial charge >= 0.3 is 0 Å². The van der Waals surface area contributed by atoms with Gasteiger partial charge < -0.3 is 14.4 Å². The summed E-state index contributed by atoms with van der Waals surface area (Å²) in [7, 11) is 1.78. The van der Waals surface area contributed by atoms with Gasteiger partial charge in [0.15, 0.2) is 0 Å². The number of fused-ring (bicyclic) bond motifs is 1. The number of aromatic amines is 1. The molecule has 33 heavy (non-hydrogen) atoms. The molecule has 5 rings (SSSR count). The van der Waals surface area contributed by atoms with E-state index in [1.54, 1.807) is 36.3 Å². The molecule has 164 valence electrons. The highest BCUT2D eigenvalue weighted by Gasteiger charge is 2.23. The van der Waals surface area contributed by atoms with Gasteiger partial charge in [-0.2, -0.15) is 10.4 Å². The number of hydrogen-bond donors (Lipinski definition) is 1. The third-order valence-corrected chi connectivity index (χ3v) is 5.75. The summed E-state index contributed by atoms with van der Waals surface area (Å²) in [5.41, 5.74) is 4.72. The maximum Gasteiger partial charge on any atom is 0.254 e. The van der Waals surface area contributed by atoms with Crippen LogP contribution in [-0.2, 0) is 11.3 Å². The van der Waals surface area contributed by atoms with Gasteiger partial charge in [-0.3, -0.25) is 9.89 Å². The van der Waals surface area contributed by atoms with Gasteiger partial charge in [-0.1, -0.05) is 30.3 Å². The van der Waals surface area contributed by atoms with Crippen LogP contribution < -0.4 is 4.74 Å². The molecule has 0 aliphatic carbocycles. The first-order valence-corrected chi connectivity index (χ1v) is 10.7. The smallest absolute Gasteiger partial charge is 0.254 e. The summed E-state index contributed by atoms with van der Waals surface area (Å²) >= 11 is 0. The van der Waals surface area contributed by atoms with Crippen molar-refractivity contribution < 1.29 is 14.3 Å². The van der Waals surface area contributed by atoms with E-state index in [4.69, 9.17) is 9.47 Å². The molecule has 1 saturated heterocycles. The maximum absolute atomic E-state index is 13.3. The zero-order valence-corrected chi connectivity index (χ0v) is 18.1. The normalized spacial score (nSPS) is 13.3. The van der Waals surface area contributed by atoms with E-state index in [1.165, 1.54) is 0 Å². The Morgan fingerprint density at radius 2 is 2.06 bits per heavy atom. The van der Waals surface area contributed by atoms with Crippen molar-refractivity contribution in [3.8, 4) is 22.9 Å². The maximum atomic E-state index is 13.3. The van der Waals surface area contributed by atoms with Gasteiger partial charge in [0, 0.05) is 30.1 Å². The summed E-state index contributed by atoms with van der Waals surface area (Å²) in [6.45, 7) is 1.48. The van der Waals surface area contributed by atoms with Crippen LogP contribution in [-0.4, -0.2) is 47.4 Å². The van der Waals surface area contributed by atoms with E-state index < -0.39 is 0 Å². The zero-order chi connectivity index (χ0) is 22.8. The van der Waals surface area contributed by atoms with Crippen LogP contribution in [0.25, 0.3) is 22.0 Å². The number of nitrogens with zero attached hydrogens (tertiary/aromatic N) is 3. The molecule has 1 aliphatic heterocycles. The minimum absolute atomic E-state index is 0.0519. The topological polar surface area (TPSA) is 91.2 Å². The number of H-pyrrole nitrogens is 1. The lowest BCUT2D eigenvalue weighted by Gasteiger charge is -2.28. The number of ether oxygens (including phenoxy) is 2. The Morgan fingerprint density at radius 3 is 2.85 bits per heavy atom. The van der Waals surface area contributed by atoms with E-state index in [0.29, 0.717) is 36.6 Å². The zero-order valence-electron chi connectivity index (χ0n) is 18.1. The molecule has 0 saturated carbocycles. The van der Waals surface area contributed by atoms with E-state index in [2.05, 4.69) is 16.3 Å². The lowest BCUT2D eigenvalue weighted by molar-refractivity contribution is -0.0794. The van der Waals surface area contributed by atoms with Crippen LogP contribution in [0.3, 0.4) is 0 Å². The molecule has 2 heterocycles. The van der Waals surface area contributed by atoms with Gasteiger partial charge in [0.05, 0.1) is 36.6 Å². The molecule has 1 fully saturated rings. The number of nitriles is 1. The Labute approximate surface area is 191 Å². The molecule has 0 spiro atoms. The number of benzene rings is 3. The molecule has 7 heteroatoms. The number of amides is 1. The number of hydrogen-bond acceptors (Lipinski definition) is 5.